The van der Waals surface area contributed by atoms with Crippen molar-refractivity contribution in [3.8, 4) is 0 Å². The van der Waals surface area contributed by atoms with Gasteiger partial charge < -0.3 is 16.0 Å². The predicted octanol–water partition coefficient (Wildman–Crippen LogP) is 3.80. The van der Waals surface area contributed by atoms with Gasteiger partial charge in [-0.05, 0) is 36.6 Å². The van der Waals surface area contributed by atoms with Crippen LogP contribution in [0, 0.1) is 5.92 Å². The number of nitrogens with zero attached hydrogens (tertiary/aromatic N) is 2. The Morgan fingerprint density at radius 3 is 2.31 bits per heavy atom. The number of carbonyl (C=O) groups is 1. The molecule has 0 saturated carbocycles. The Morgan fingerprint density at radius 2 is 1.81 bits per heavy atom. The number of rotatable bonds is 7. The van der Waals surface area contributed by atoms with E-state index in [1.165, 1.54) is 0 Å². The van der Waals surface area contributed by atoms with Gasteiger partial charge in [-0.1, -0.05) is 32.0 Å². The van der Waals surface area contributed by atoms with Crippen LogP contribution in [0.15, 0.2) is 48.7 Å². The van der Waals surface area contributed by atoms with Crippen molar-refractivity contribution in [1.29, 1.82) is 0 Å². The van der Waals surface area contributed by atoms with E-state index in [-0.39, 0.29) is 36.8 Å². The van der Waals surface area contributed by atoms with Crippen LogP contribution in [-0.4, -0.2) is 30.5 Å². The number of hydrogen-bond acceptors (Lipinski definition) is 4. The molecular weight excluding hydrogens is 371 g/mol. The number of para-hydroxylation sites is 1. The molecule has 3 N–H and O–H groups in total. The Balaban J connectivity index is 0.00000312. The number of pyridine rings is 1. The van der Waals surface area contributed by atoms with E-state index in [1.807, 2.05) is 48.3 Å². The molecule has 2 aromatic rings. The van der Waals surface area contributed by atoms with Crippen molar-refractivity contribution >= 4 is 42.2 Å². The molecule has 7 heteroatoms. The molecule has 0 aliphatic heterocycles. The zero-order valence-electron chi connectivity index (χ0n) is 15.4. The van der Waals surface area contributed by atoms with E-state index >= 15 is 0 Å². The minimum atomic E-state index is -0.132. The summed E-state index contributed by atoms with van der Waals surface area (Å²) in [6, 6.07) is 13.6. The summed E-state index contributed by atoms with van der Waals surface area (Å²) in [7, 11) is 1.95. The van der Waals surface area contributed by atoms with E-state index in [1.54, 1.807) is 12.3 Å². The second-order valence-electron chi connectivity index (χ2n) is 6.34. The first-order chi connectivity index (χ1) is 11.5. The molecular formula is C19H28Cl2N4O. The number of hydrogen-bond donors (Lipinski definition) is 2. The van der Waals surface area contributed by atoms with Crippen molar-refractivity contribution in [3.05, 3.63) is 54.2 Å². The van der Waals surface area contributed by atoms with Gasteiger partial charge in [0.15, 0.2) is 0 Å². The van der Waals surface area contributed by atoms with Gasteiger partial charge in [0.1, 0.15) is 5.82 Å². The fourth-order valence-corrected chi connectivity index (χ4v) is 2.55. The van der Waals surface area contributed by atoms with E-state index in [0.717, 1.165) is 17.9 Å². The van der Waals surface area contributed by atoms with Crippen LogP contribution in [-0.2, 0) is 0 Å². The maximum atomic E-state index is 12.3. The van der Waals surface area contributed by atoms with Gasteiger partial charge in [0.2, 0.25) is 0 Å². The van der Waals surface area contributed by atoms with Crippen LogP contribution in [0.25, 0.3) is 0 Å². The lowest BCUT2D eigenvalue weighted by Crippen LogP contribution is -2.41. The molecule has 2 rings (SSSR count). The highest BCUT2D eigenvalue weighted by Crippen LogP contribution is 2.20. The lowest BCUT2D eigenvalue weighted by molar-refractivity contribution is 0.0933. The van der Waals surface area contributed by atoms with Crippen LogP contribution in [0.4, 0.5) is 11.5 Å². The standard InChI is InChI=1S/C19H26N4O.2ClH/c1-14(2)11-16(12-20)22-19(24)15-9-10-18(21-13-15)23(3)17-7-5-4-6-8-17;;/h4-10,13-14,16H,11-12,20H2,1-3H3,(H,22,24);2*1H. The lowest BCUT2D eigenvalue weighted by Gasteiger charge is -2.20. The van der Waals surface area contributed by atoms with Crippen molar-refractivity contribution in [2.75, 3.05) is 18.5 Å². The van der Waals surface area contributed by atoms with E-state index in [9.17, 15) is 4.79 Å². The Labute approximate surface area is 168 Å². The third-order valence-corrected chi connectivity index (χ3v) is 3.87. The van der Waals surface area contributed by atoms with Gasteiger partial charge in [0, 0.05) is 31.5 Å². The molecule has 0 aliphatic carbocycles. The summed E-state index contributed by atoms with van der Waals surface area (Å²) in [4.78, 5) is 18.7. The number of carbonyl (C=O) groups excluding carboxylic acids is 1. The molecule has 0 radical (unpaired) electrons. The van der Waals surface area contributed by atoms with Crippen molar-refractivity contribution in [2.45, 2.75) is 26.3 Å². The summed E-state index contributed by atoms with van der Waals surface area (Å²) in [5.41, 5.74) is 7.33. The molecule has 0 aliphatic rings. The van der Waals surface area contributed by atoms with Crippen molar-refractivity contribution < 1.29 is 4.79 Å². The molecule has 144 valence electrons. The molecule has 1 amide bonds. The van der Waals surface area contributed by atoms with Crippen LogP contribution in [0.1, 0.15) is 30.6 Å². The van der Waals surface area contributed by atoms with E-state index < -0.39 is 0 Å². The summed E-state index contributed by atoms with van der Waals surface area (Å²) in [6.07, 6.45) is 2.47. The number of nitrogens with one attached hydrogen (secondary N) is 1. The van der Waals surface area contributed by atoms with E-state index in [0.29, 0.717) is 18.0 Å². The van der Waals surface area contributed by atoms with Crippen molar-refractivity contribution in [2.24, 2.45) is 11.7 Å². The Morgan fingerprint density at radius 1 is 1.15 bits per heavy atom. The first-order valence-corrected chi connectivity index (χ1v) is 8.27. The second-order valence-corrected chi connectivity index (χ2v) is 6.34. The van der Waals surface area contributed by atoms with Crippen LogP contribution in [0.5, 0.6) is 0 Å². The van der Waals surface area contributed by atoms with Gasteiger partial charge in [0.05, 0.1) is 5.56 Å². The van der Waals surface area contributed by atoms with E-state index in [4.69, 9.17) is 5.73 Å². The molecule has 1 unspecified atom stereocenters. The molecule has 1 heterocycles. The number of benzene rings is 1. The zero-order chi connectivity index (χ0) is 17.5. The van der Waals surface area contributed by atoms with Gasteiger partial charge in [0.25, 0.3) is 5.91 Å². The number of halogens is 2. The first kappa shape index (κ1) is 24.2. The summed E-state index contributed by atoms with van der Waals surface area (Å²) in [6.45, 7) is 4.67. The zero-order valence-corrected chi connectivity index (χ0v) is 17.0. The summed E-state index contributed by atoms with van der Waals surface area (Å²) in [5, 5.41) is 2.98. The van der Waals surface area contributed by atoms with Gasteiger partial charge >= 0.3 is 0 Å². The summed E-state index contributed by atoms with van der Waals surface area (Å²) >= 11 is 0. The Hall–Kier alpha value is -1.82. The molecule has 26 heavy (non-hydrogen) atoms. The maximum Gasteiger partial charge on any atom is 0.253 e. The van der Waals surface area contributed by atoms with Crippen LogP contribution in [0.3, 0.4) is 0 Å². The first-order valence-electron chi connectivity index (χ1n) is 8.27. The van der Waals surface area contributed by atoms with Crippen molar-refractivity contribution in [3.63, 3.8) is 0 Å². The molecule has 0 saturated heterocycles. The fourth-order valence-electron chi connectivity index (χ4n) is 2.55. The average Bonchev–Trinajstić information content (AvgIpc) is 2.61. The average molecular weight is 399 g/mol. The van der Waals surface area contributed by atoms with E-state index in [2.05, 4.69) is 24.1 Å². The third kappa shape index (κ3) is 6.83. The topological polar surface area (TPSA) is 71.2 Å². The molecule has 0 bridgehead atoms. The van der Waals surface area contributed by atoms with Crippen LogP contribution >= 0.6 is 24.8 Å². The van der Waals surface area contributed by atoms with Crippen LogP contribution in [0.2, 0.25) is 0 Å². The largest absolute Gasteiger partial charge is 0.348 e. The minimum absolute atomic E-state index is 0. The molecule has 0 fully saturated rings. The third-order valence-electron chi connectivity index (χ3n) is 3.87. The quantitative estimate of drug-likeness (QED) is 0.743. The monoisotopic (exact) mass is 398 g/mol. The van der Waals surface area contributed by atoms with Crippen molar-refractivity contribution in [1.82, 2.24) is 10.3 Å². The molecule has 0 spiro atoms. The molecule has 1 atom stereocenters. The Bertz CT molecular complexity index is 650. The highest BCUT2D eigenvalue weighted by molar-refractivity contribution is 5.94. The maximum absolute atomic E-state index is 12.3. The smallest absolute Gasteiger partial charge is 0.253 e. The highest BCUT2D eigenvalue weighted by atomic mass is 35.5. The normalized spacial score (nSPS) is 11.1. The fraction of sp³-hybridized carbons (Fsp3) is 0.368. The lowest BCUT2D eigenvalue weighted by atomic mass is 10.0. The van der Waals surface area contributed by atoms with Gasteiger partial charge in [-0.15, -0.1) is 24.8 Å². The summed E-state index contributed by atoms with van der Waals surface area (Å²) < 4.78 is 0. The number of aromatic nitrogens is 1. The van der Waals surface area contributed by atoms with Gasteiger partial charge in [-0.2, -0.15) is 0 Å². The molecule has 5 nitrogen and oxygen atoms in total. The number of nitrogens with two attached hydrogens (primary N) is 1. The number of anilines is 2. The number of amides is 1. The predicted molar refractivity (Wildman–Crippen MR) is 113 cm³/mol. The SMILES string of the molecule is CC(C)CC(CN)NC(=O)c1ccc(N(C)c2ccccc2)nc1.Cl.Cl. The Kier molecular flexibility index (Phi) is 10.9. The van der Waals surface area contributed by atoms with Gasteiger partial charge in [-0.3, -0.25) is 4.79 Å². The second kappa shape index (κ2) is 11.7. The van der Waals surface area contributed by atoms with Crippen LogP contribution < -0.4 is 16.0 Å². The minimum Gasteiger partial charge on any atom is -0.348 e. The summed E-state index contributed by atoms with van der Waals surface area (Å²) in [5.74, 6) is 1.14. The molecule has 1 aromatic heterocycles. The van der Waals surface area contributed by atoms with Gasteiger partial charge in [-0.25, -0.2) is 4.98 Å². The molecule has 1 aromatic carbocycles. The highest BCUT2D eigenvalue weighted by Gasteiger charge is 2.14.